The molecule has 0 heterocycles. The van der Waals surface area contributed by atoms with Gasteiger partial charge < -0.3 is 9.47 Å². The molecule has 0 fully saturated rings. The molecule has 0 bridgehead atoms. The molecule has 0 unspecified atom stereocenters. The maximum absolute atomic E-state index is 12.9. The lowest BCUT2D eigenvalue weighted by Crippen LogP contribution is -2.44. The van der Waals surface area contributed by atoms with E-state index in [9.17, 15) is 27.6 Å². The highest BCUT2D eigenvalue weighted by Gasteiger charge is 2.45. The van der Waals surface area contributed by atoms with Crippen LogP contribution in [0.3, 0.4) is 0 Å². The van der Waals surface area contributed by atoms with Gasteiger partial charge >= 0.3 is 18.1 Å². The first-order valence-corrected chi connectivity index (χ1v) is 8.02. The third kappa shape index (κ3) is 4.83. The number of rotatable bonds is 7. The largest absolute Gasteiger partial charge is 0.465 e. The zero-order valence-corrected chi connectivity index (χ0v) is 15.0. The van der Waals surface area contributed by atoms with Crippen LogP contribution >= 0.6 is 0 Å². The third-order valence-electron chi connectivity index (χ3n) is 3.86. The lowest BCUT2D eigenvalue weighted by molar-refractivity contribution is -0.165. The Morgan fingerprint density at radius 2 is 1.27 bits per heavy atom. The first kappa shape index (κ1) is 21.7. The fourth-order valence-corrected chi connectivity index (χ4v) is 2.34. The molecule has 26 heavy (non-hydrogen) atoms. The van der Waals surface area contributed by atoms with Crippen molar-refractivity contribution >= 4 is 17.7 Å². The third-order valence-corrected chi connectivity index (χ3v) is 3.86. The lowest BCUT2D eigenvalue weighted by Gasteiger charge is -2.27. The van der Waals surface area contributed by atoms with Crippen LogP contribution in [-0.4, -0.2) is 30.9 Å². The summed E-state index contributed by atoms with van der Waals surface area (Å²) in [5.74, 6) is -4.70. The second-order valence-electron chi connectivity index (χ2n) is 6.00. The van der Waals surface area contributed by atoms with Crippen LogP contribution in [0.5, 0.6) is 0 Å². The summed E-state index contributed by atoms with van der Waals surface area (Å²) >= 11 is 0. The van der Waals surface area contributed by atoms with Gasteiger partial charge in [0.1, 0.15) is 0 Å². The molecule has 144 valence electrons. The van der Waals surface area contributed by atoms with Gasteiger partial charge in [0.15, 0.2) is 5.78 Å². The molecule has 0 saturated heterocycles. The van der Waals surface area contributed by atoms with Crippen molar-refractivity contribution in [3.05, 3.63) is 35.4 Å². The Morgan fingerprint density at radius 3 is 1.62 bits per heavy atom. The molecule has 0 aliphatic heterocycles. The highest BCUT2D eigenvalue weighted by molar-refractivity contribution is 6.17. The molecular weight excluding hydrogens is 353 g/mol. The van der Waals surface area contributed by atoms with Crippen LogP contribution in [0.4, 0.5) is 13.2 Å². The van der Waals surface area contributed by atoms with Crippen molar-refractivity contribution in [1.82, 2.24) is 0 Å². The molecule has 0 saturated carbocycles. The second-order valence-corrected chi connectivity index (χ2v) is 6.00. The first-order valence-electron chi connectivity index (χ1n) is 8.02. The summed E-state index contributed by atoms with van der Waals surface area (Å²) in [5.41, 5.74) is -2.04. The molecular formula is C18H21F3O5. The number of Topliss-reactive ketones (excluding diaryl/α,β-unsaturated/α-hetero) is 1. The van der Waals surface area contributed by atoms with Crippen molar-refractivity contribution in [2.75, 3.05) is 13.2 Å². The maximum atomic E-state index is 12.9. The number of benzene rings is 1. The molecule has 0 aliphatic rings. The average molecular weight is 374 g/mol. The van der Waals surface area contributed by atoms with E-state index in [-0.39, 0.29) is 18.8 Å². The number of carbonyl (C=O) groups excluding carboxylic acids is 3. The van der Waals surface area contributed by atoms with Crippen molar-refractivity contribution in [1.29, 1.82) is 0 Å². The van der Waals surface area contributed by atoms with Crippen LogP contribution in [0.1, 0.15) is 38.8 Å². The predicted octanol–water partition coefficient (Wildman–Crippen LogP) is 3.29. The van der Waals surface area contributed by atoms with E-state index in [1.54, 1.807) is 0 Å². The fourth-order valence-electron chi connectivity index (χ4n) is 2.34. The Bertz CT molecular complexity index is 644. The summed E-state index contributed by atoms with van der Waals surface area (Å²) in [5, 5.41) is 0. The monoisotopic (exact) mass is 374 g/mol. The second kappa shape index (κ2) is 8.33. The van der Waals surface area contributed by atoms with E-state index in [2.05, 4.69) is 0 Å². The average Bonchev–Trinajstić information content (AvgIpc) is 2.54. The molecule has 1 aromatic rings. The molecule has 0 amide bonds. The highest BCUT2D eigenvalue weighted by atomic mass is 19.4. The van der Waals surface area contributed by atoms with Gasteiger partial charge in [-0.1, -0.05) is 12.1 Å². The summed E-state index contributed by atoms with van der Waals surface area (Å²) in [6, 6.07) is 3.98. The van der Waals surface area contributed by atoms with Gasteiger partial charge in [-0.15, -0.1) is 0 Å². The van der Waals surface area contributed by atoms with E-state index in [1.807, 2.05) is 0 Å². The molecule has 0 aromatic heterocycles. The summed E-state index contributed by atoms with van der Waals surface area (Å²) in [6.45, 7) is 5.80. The van der Waals surface area contributed by atoms with Gasteiger partial charge in [-0.2, -0.15) is 13.2 Å². The Balaban J connectivity index is 3.22. The van der Waals surface area contributed by atoms with Gasteiger partial charge in [0.2, 0.25) is 5.92 Å². The predicted molar refractivity (Wildman–Crippen MR) is 86.2 cm³/mol. The fraction of sp³-hybridized carbons (Fsp3) is 0.500. The van der Waals surface area contributed by atoms with E-state index in [0.717, 1.165) is 24.3 Å². The van der Waals surface area contributed by atoms with Gasteiger partial charge in [-0.05, 0) is 45.4 Å². The SMILES string of the molecule is CCOC(=O)C(C(=O)OCC)C(=O)C(C)(C)c1ccc(C(F)(F)F)cc1. The number of hydrogen-bond acceptors (Lipinski definition) is 5. The zero-order valence-electron chi connectivity index (χ0n) is 15.0. The molecule has 5 nitrogen and oxygen atoms in total. The van der Waals surface area contributed by atoms with Crippen LogP contribution in [0.2, 0.25) is 0 Å². The highest BCUT2D eigenvalue weighted by Crippen LogP contribution is 2.33. The Hall–Kier alpha value is -2.38. The van der Waals surface area contributed by atoms with Crippen molar-refractivity contribution in [3.63, 3.8) is 0 Å². The smallest absolute Gasteiger partial charge is 0.416 e. The summed E-state index contributed by atoms with van der Waals surface area (Å²) in [7, 11) is 0. The van der Waals surface area contributed by atoms with Crippen molar-refractivity contribution in [3.8, 4) is 0 Å². The maximum Gasteiger partial charge on any atom is 0.416 e. The van der Waals surface area contributed by atoms with Gasteiger partial charge in [0.25, 0.3) is 0 Å². The minimum absolute atomic E-state index is 0.0390. The summed E-state index contributed by atoms with van der Waals surface area (Å²) in [6.07, 6.45) is -4.51. The molecule has 0 aliphatic carbocycles. The summed E-state index contributed by atoms with van der Waals surface area (Å²) in [4.78, 5) is 37.0. The number of alkyl halides is 3. The first-order chi connectivity index (χ1) is 12.0. The molecule has 1 aromatic carbocycles. The molecule has 0 N–H and O–H groups in total. The lowest BCUT2D eigenvalue weighted by atomic mass is 9.75. The van der Waals surface area contributed by atoms with E-state index in [4.69, 9.17) is 9.47 Å². The van der Waals surface area contributed by atoms with Crippen molar-refractivity contribution in [2.24, 2.45) is 5.92 Å². The summed E-state index contributed by atoms with van der Waals surface area (Å²) < 4.78 is 47.6. The topological polar surface area (TPSA) is 69.7 Å². The molecule has 0 atom stereocenters. The van der Waals surface area contributed by atoms with E-state index in [0.29, 0.717) is 0 Å². The normalized spacial score (nSPS) is 12.0. The standard InChI is InChI=1S/C18H21F3O5/c1-5-25-15(23)13(16(24)26-6-2)14(22)17(3,4)11-7-9-12(10-8-11)18(19,20)21/h7-10,13H,5-6H2,1-4H3. The number of ketones is 1. The van der Waals surface area contributed by atoms with Crippen LogP contribution in [0.25, 0.3) is 0 Å². The van der Waals surface area contributed by atoms with Gasteiger partial charge in [-0.3, -0.25) is 14.4 Å². The minimum atomic E-state index is -4.51. The number of esters is 2. The Kier molecular flexibility index (Phi) is 6.94. The van der Waals surface area contributed by atoms with Crippen molar-refractivity contribution in [2.45, 2.75) is 39.3 Å². The van der Waals surface area contributed by atoms with Gasteiger partial charge in [0, 0.05) is 5.41 Å². The molecule has 0 radical (unpaired) electrons. The Morgan fingerprint density at radius 1 is 0.885 bits per heavy atom. The van der Waals surface area contributed by atoms with Gasteiger partial charge in [-0.25, -0.2) is 0 Å². The Labute approximate surface area is 149 Å². The number of ether oxygens (including phenoxy) is 2. The van der Waals surface area contributed by atoms with Crippen LogP contribution in [-0.2, 0) is 35.4 Å². The zero-order chi connectivity index (χ0) is 20.1. The van der Waals surface area contributed by atoms with E-state index in [1.165, 1.54) is 27.7 Å². The minimum Gasteiger partial charge on any atom is -0.465 e. The number of halogens is 3. The van der Waals surface area contributed by atoms with E-state index >= 15 is 0 Å². The van der Waals surface area contributed by atoms with Crippen molar-refractivity contribution < 1.29 is 37.0 Å². The van der Waals surface area contributed by atoms with Crippen LogP contribution < -0.4 is 0 Å². The van der Waals surface area contributed by atoms with E-state index < -0.39 is 40.8 Å². The quantitative estimate of drug-likeness (QED) is 0.541. The molecule has 8 heteroatoms. The molecule has 0 spiro atoms. The number of hydrogen-bond donors (Lipinski definition) is 0. The number of carbonyl (C=O) groups is 3. The van der Waals surface area contributed by atoms with Crippen LogP contribution in [0, 0.1) is 5.92 Å². The molecule has 1 rings (SSSR count). The van der Waals surface area contributed by atoms with Crippen LogP contribution in [0.15, 0.2) is 24.3 Å². The van der Waals surface area contributed by atoms with Gasteiger partial charge in [0.05, 0.1) is 18.8 Å².